The number of nitrogens with one attached hydrogen (secondary N) is 1. The van der Waals surface area contributed by atoms with Crippen LogP contribution in [0.3, 0.4) is 0 Å². The molecule has 7 nitrogen and oxygen atoms in total. The lowest BCUT2D eigenvalue weighted by atomic mass is 10.1. The van der Waals surface area contributed by atoms with Crippen molar-refractivity contribution in [2.24, 2.45) is 10.9 Å². The Morgan fingerprint density at radius 2 is 1.87 bits per heavy atom. The third-order valence-corrected chi connectivity index (χ3v) is 4.62. The summed E-state index contributed by atoms with van der Waals surface area (Å²) in [6.07, 6.45) is 2.46. The van der Waals surface area contributed by atoms with Gasteiger partial charge in [0.2, 0.25) is 0 Å². The van der Waals surface area contributed by atoms with Gasteiger partial charge in [0.05, 0.1) is 6.61 Å². The summed E-state index contributed by atoms with van der Waals surface area (Å²) in [5, 5.41) is 3.51. The number of carbonyl (C=O) groups is 1. The van der Waals surface area contributed by atoms with E-state index >= 15 is 0 Å². The lowest BCUT2D eigenvalue weighted by Crippen LogP contribution is -2.55. The number of amides is 1. The summed E-state index contributed by atoms with van der Waals surface area (Å²) in [6.45, 7) is 6.11. The summed E-state index contributed by atoms with van der Waals surface area (Å²) in [4.78, 5) is 22.4. The van der Waals surface area contributed by atoms with Crippen LogP contribution in [0.2, 0.25) is 0 Å². The minimum Gasteiger partial charge on any atom is -0.450 e. The molecule has 2 fully saturated rings. The molecule has 0 spiro atoms. The van der Waals surface area contributed by atoms with Gasteiger partial charge >= 0.3 is 6.09 Å². The van der Waals surface area contributed by atoms with Crippen LogP contribution in [0, 0.1) is 5.92 Å². The van der Waals surface area contributed by atoms with Crippen LogP contribution in [0.15, 0.2) is 4.99 Å². The number of aliphatic imine (C=N–C) groups is 1. The predicted molar refractivity (Wildman–Crippen MR) is 91.7 cm³/mol. The van der Waals surface area contributed by atoms with E-state index in [1.165, 1.54) is 12.8 Å². The first-order valence-electron chi connectivity index (χ1n) is 8.60. The van der Waals surface area contributed by atoms with Crippen molar-refractivity contribution in [1.29, 1.82) is 0 Å². The first-order valence-corrected chi connectivity index (χ1v) is 8.60. The van der Waals surface area contributed by atoms with Gasteiger partial charge in [-0.3, -0.25) is 4.99 Å². The van der Waals surface area contributed by atoms with Gasteiger partial charge in [-0.1, -0.05) is 0 Å². The van der Waals surface area contributed by atoms with E-state index in [-0.39, 0.29) is 6.09 Å². The van der Waals surface area contributed by atoms with E-state index in [1.54, 1.807) is 4.90 Å². The summed E-state index contributed by atoms with van der Waals surface area (Å²) < 4.78 is 5.06. The average molecular weight is 325 g/mol. The zero-order chi connectivity index (χ0) is 16.8. The Labute approximate surface area is 139 Å². The van der Waals surface area contributed by atoms with Crippen molar-refractivity contribution in [3.63, 3.8) is 0 Å². The summed E-state index contributed by atoms with van der Waals surface area (Å²) in [7, 11) is 6.11. The Kier molecular flexibility index (Phi) is 6.50. The lowest BCUT2D eigenvalue weighted by Gasteiger charge is -2.36. The largest absolute Gasteiger partial charge is 0.450 e. The van der Waals surface area contributed by atoms with Gasteiger partial charge in [-0.15, -0.1) is 0 Å². The van der Waals surface area contributed by atoms with Gasteiger partial charge in [-0.25, -0.2) is 4.79 Å². The lowest BCUT2D eigenvalue weighted by molar-refractivity contribution is 0.0913. The molecule has 0 bridgehead atoms. The maximum atomic E-state index is 11.7. The predicted octanol–water partition coefficient (Wildman–Crippen LogP) is 0.676. The molecule has 1 amide bonds. The molecule has 7 heteroatoms. The molecule has 1 aliphatic carbocycles. The van der Waals surface area contributed by atoms with Crippen LogP contribution < -0.4 is 5.32 Å². The van der Waals surface area contributed by atoms with Gasteiger partial charge in [-0.2, -0.15) is 0 Å². The molecule has 0 aromatic rings. The molecule has 23 heavy (non-hydrogen) atoms. The SMILES string of the molecule is CCOC(=O)N1CCN(C(=NC)NCC(C2CC2)N(C)C)CC1. The smallest absolute Gasteiger partial charge is 0.409 e. The number of hydrogen-bond donors (Lipinski definition) is 1. The standard InChI is InChI=1S/C16H31N5O2/c1-5-23-16(22)21-10-8-20(9-11-21)15(17-2)18-12-14(19(3)4)13-6-7-13/h13-14H,5-12H2,1-4H3,(H,17,18). The second kappa shape index (κ2) is 8.38. The molecule has 2 rings (SSSR count). The number of carbonyl (C=O) groups excluding carboxylic acids is 1. The topological polar surface area (TPSA) is 60.4 Å². The Morgan fingerprint density at radius 3 is 2.35 bits per heavy atom. The molecule has 1 atom stereocenters. The van der Waals surface area contributed by atoms with Crippen molar-refractivity contribution >= 4 is 12.1 Å². The zero-order valence-corrected chi connectivity index (χ0v) is 14.9. The fourth-order valence-corrected chi connectivity index (χ4v) is 3.10. The molecule has 0 aromatic carbocycles. The van der Waals surface area contributed by atoms with E-state index in [0.29, 0.717) is 25.7 Å². The van der Waals surface area contributed by atoms with Gasteiger partial charge in [0.15, 0.2) is 5.96 Å². The Balaban J connectivity index is 1.79. The molecule has 1 aliphatic heterocycles. The van der Waals surface area contributed by atoms with E-state index in [9.17, 15) is 4.79 Å². The first-order chi connectivity index (χ1) is 11.1. The number of hydrogen-bond acceptors (Lipinski definition) is 4. The molecule has 1 saturated heterocycles. The fraction of sp³-hybridized carbons (Fsp3) is 0.875. The molecule has 1 N–H and O–H groups in total. The van der Waals surface area contributed by atoms with E-state index in [0.717, 1.165) is 31.5 Å². The molecular weight excluding hydrogens is 294 g/mol. The second-order valence-corrected chi connectivity index (χ2v) is 6.47. The fourth-order valence-electron chi connectivity index (χ4n) is 3.10. The van der Waals surface area contributed by atoms with Gasteiger partial charge in [-0.05, 0) is 39.8 Å². The van der Waals surface area contributed by atoms with Crippen LogP contribution in [-0.4, -0.2) is 93.3 Å². The van der Waals surface area contributed by atoms with Gasteiger partial charge in [0, 0.05) is 45.8 Å². The quantitative estimate of drug-likeness (QED) is 0.595. The maximum absolute atomic E-state index is 11.7. The first kappa shape index (κ1) is 17.8. The number of piperazine rings is 1. The summed E-state index contributed by atoms with van der Waals surface area (Å²) in [5.74, 6) is 1.75. The van der Waals surface area contributed by atoms with Crippen molar-refractivity contribution in [1.82, 2.24) is 20.0 Å². The van der Waals surface area contributed by atoms with E-state index in [4.69, 9.17) is 4.74 Å². The number of likely N-dealkylation sites (N-methyl/N-ethyl adjacent to an activating group) is 1. The second-order valence-electron chi connectivity index (χ2n) is 6.47. The van der Waals surface area contributed by atoms with Crippen molar-refractivity contribution in [2.75, 3.05) is 60.5 Å². The zero-order valence-electron chi connectivity index (χ0n) is 14.9. The molecule has 1 heterocycles. The van der Waals surface area contributed by atoms with Gasteiger partial charge in [0.1, 0.15) is 0 Å². The summed E-state index contributed by atoms with van der Waals surface area (Å²) in [5.41, 5.74) is 0. The van der Waals surface area contributed by atoms with Crippen LogP contribution in [-0.2, 0) is 4.74 Å². The normalized spacial score (nSPS) is 20.7. The minimum atomic E-state index is -0.212. The van der Waals surface area contributed by atoms with Gasteiger partial charge < -0.3 is 24.8 Å². The van der Waals surface area contributed by atoms with Crippen molar-refractivity contribution < 1.29 is 9.53 Å². The maximum Gasteiger partial charge on any atom is 0.409 e. The number of nitrogens with zero attached hydrogens (tertiary/aromatic N) is 4. The average Bonchev–Trinajstić information content (AvgIpc) is 3.36. The Hall–Kier alpha value is -1.50. The number of rotatable bonds is 5. The highest BCUT2D eigenvalue weighted by molar-refractivity contribution is 5.80. The minimum absolute atomic E-state index is 0.212. The Bertz CT molecular complexity index is 413. The summed E-state index contributed by atoms with van der Waals surface area (Å²) in [6, 6.07) is 0.563. The molecule has 1 unspecified atom stereocenters. The van der Waals surface area contributed by atoms with Crippen molar-refractivity contribution in [2.45, 2.75) is 25.8 Å². The number of guanidine groups is 1. The summed E-state index contributed by atoms with van der Waals surface area (Å²) >= 11 is 0. The van der Waals surface area contributed by atoms with Crippen LogP contribution >= 0.6 is 0 Å². The Morgan fingerprint density at radius 1 is 1.26 bits per heavy atom. The van der Waals surface area contributed by atoms with E-state index < -0.39 is 0 Å². The van der Waals surface area contributed by atoms with Crippen molar-refractivity contribution in [3.05, 3.63) is 0 Å². The van der Waals surface area contributed by atoms with E-state index in [1.807, 2.05) is 14.0 Å². The van der Waals surface area contributed by atoms with Crippen LogP contribution in [0.4, 0.5) is 4.79 Å². The highest BCUT2D eigenvalue weighted by atomic mass is 16.6. The molecule has 2 aliphatic rings. The van der Waals surface area contributed by atoms with Crippen LogP contribution in [0.1, 0.15) is 19.8 Å². The monoisotopic (exact) mass is 325 g/mol. The molecule has 1 saturated carbocycles. The highest BCUT2D eigenvalue weighted by Crippen LogP contribution is 2.34. The third-order valence-electron chi connectivity index (χ3n) is 4.62. The molecule has 0 aromatic heterocycles. The van der Waals surface area contributed by atoms with E-state index in [2.05, 4.69) is 34.2 Å². The van der Waals surface area contributed by atoms with Crippen LogP contribution in [0.5, 0.6) is 0 Å². The molecular formula is C16H31N5O2. The number of ether oxygens (including phenoxy) is 1. The van der Waals surface area contributed by atoms with Gasteiger partial charge in [0.25, 0.3) is 0 Å². The van der Waals surface area contributed by atoms with Crippen LogP contribution in [0.25, 0.3) is 0 Å². The van der Waals surface area contributed by atoms with Crippen molar-refractivity contribution in [3.8, 4) is 0 Å². The molecule has 132 valence electrons. The molecule has 0 radical (unpaired) electrons. The highest BCUT2D eigenvalue weighted by Gasteiger charge is 2.33. The third kappa shape index (κ3) is 4.99.